The third-order valence-corrected chi connectivity index (χ3v) is 6.17. The van der Waals surface area contributed by atoms with Crippen molar-refractivity contribution < 1.29 is 4.79 Å². The molecule has 1 saturated heterocycles. The Morgan fingerprint density at radius 2 is 2.17 bits per heavy atom. The lowest BCUT2D eigenvalue weighted by molar-refractivity contribution is 0.0606. The first-order chi connectivity index (χ1) is 11.8. The first-order valence-electron chi connectivity index (χ1n) is 8.03. The van der Waals surface area contributed by atoms with Crippen molar-refractivity contribution in [3.05, 3.63) is 58.7 Å². The maximum absolute atomic E-state index is 13.0. The van der Waals surface area contributed by atoms with E-state index in [1.165, 1.54) is 11.3 Å². The van der Waals surface area contributed by atoms with E-state index in [1.807, 2.05) is 40.1 Å². The molecule has 1 aliphatic heterocycles. The molecule has 0 radical (unpaired) electrons. The highest BCUT2D eigenvalue weighted by Crippen LogP contribution is 2.33. The van der Waals surface area contributed by atoms with E-state index < -0.39 is 0 Å². The van der Waals surface area contributed by atoms with Gasteiger partial charge in [0.25, 0.3) is 5.91 Å². The zero-order valence-corrected chi connectivity index (χ0v) is 14.7. The summed E-state index contributed by atoms with van der Waals surface area (Å²) in [6.07, 6.45) is 6.81. The standard InChI is InChI=1S/C18H17N3OS2/c22-18(14-12-24-17(20-14)16-7-4-10-23-16)21-9-2-1-6-15(21)13-5-3-8-19-11-13/h3-5,7-8,10-12,15H,1-2,6,9H2. The molecule has 0 saturated carbocycles. The minimum atomic E-state index is 0.0302. The van der Waals surface area contributed by atoms with E-state index in [1.54, 1.807) is 17.5 Å². The van der Waals surface area contributed by atoms with Crippen molar-refractivity contribution >= 4 is 28.6 Å². The Labute approximate surface area is 148 Å². The number of rotatable bonds is 3. The number of nitrogens with zero attached hydrogens (tertiary/aromatic N) is 3. The maximum Gasteiger partial charge on any atom is 0.273 e. The van der Waals surface area contributed by atoms with Crippen LogP contribution in [-0.4, -0.2) is 27.3 Å². The van der Waals surface area contributed by atoms with Gasteiger partial charge in [0.1, 0.15) is 10.7 Å². The van der Waals surface area contributed by atoms with Crippen molar-refractivity contribution in [1.29, 1.82) is 0 Å². The van der Waals surface area contributed by atoms with Crippen molar-refractivity contribution in [2.45, 2.75) is 25.3 Å². The lowest BCUT2D eigenvalue weighted by Gasteiger charge is -2.35. The van der Waals surface area contributed by atoms with Gasteiger partial charge < -0.3 is 4.90 Å². The zero-order valence-electron chi connectivity index (χ0n) is 13.1. The van der Waals surface area contributed by atoms with E-state index in [9.17, 15) is 4.79 Å². The molecule has 1 unspecified atom stereocenters. The van der Waals surface area contributed by atoms with Crippen LogP contribution in [0.2, 0.25) is 0 Å². The molecule has 3 aromatic heterocycles. The summed E-state index contributed by atoms with van der Waals surface area (Å²) in [5, 5.41) is 4.83. The summed E-state index contributed by atoms with van der Waals surface area (Å²) in [7, 11) is 0. The molecule has 3 aromatic rings. The molecule has 122 valence electrons. The van der Waals surface area contributed by atoms with Crippen molar-refractivity contribution in [3.63, 3.8) is 0 Å². The molecule has 0 bridgehead atoms. The number of hydrogen-bond donors (Lipinski definition) is 0. The van der Waals surface area contributed by atoms with E-state index in [0.717, 1.165) is 41.3 Å². The molecule has 4 rings (SSSR count). The van der Waals surface area contributed by atoms with Gasteiger partial charge in [-0.3, -0.25) is 9.78 Å². The molecule has 1 fully saturated rings. The van der Waals surface area contributed by atoms with Crippen molar-refractivity contribution in [3.8, 4) is 9.88 Å². The van der Waals surface area contributed by atoms with Gasteiger partial charge in [-0.15, -0.1) is 22.7 Å². The van der Waals surface area contributed by atoms with Gasteiger partial charge in [-0.05, 0) is 42.3 Å². The first-order valence-corrected chi connectivity index (χ1v) is 9.79. The van der Waals surface area contributed by atoms with E-state index in [4.69, 9.17) is 0 Å². The Morgan fingerprint density at radius 1 is 1.21 bits per heavy atom. The summed E-state index contributed by atoms with van der Waals surface area (Å²) in [5.41, 5.74) is 1.67. The molecule has 0 spiro atoms. The molecular weight excluding hydrogens is 338 g/mol. The van der Waals surface area contributed by atoms with Gasteiger partial charge in [0.05, 0.1) is 10.9 Å². The van der Waals surface area contributed by atoms with E-state index in [0.29, 0.717) is 5.69 Å². The van der Waals surface area contributed by atoms with Crippen LogP contribution in [0.3, 0.4) is 0 Å². The van der Waals surface area contributed by atoms with Crippen LogP contribution >= 0.6 is 22.7 Å². The molecule has 4 nitrogen and oxygen atoms in total. The first kappa shape index (κ1) is 15.5. The lowest BCUT2D eigenvalue weighted by Crippen LogP contribution is -2.38. The monoisotopic (exact) mass is 355 g/mol. The summed E-state index contributed by atoms with van der Waals surface area (Å²) in [5.74, 6) is 0.0302. The molecule has 24 heavy (non-hydrogen) atoms. The minimum Gasteiger partial charge on any atom is -0.330 e. The van der Waals surface area contributed by atoms with Crippen molar-refractivity contribution in [1.82, 2.24) is 14.9 Å². The topological polar surface area (TPSA) is 46.1 Å². The van der Waals surface area contributed by atoms with Crippen LogP contribution in [0.4, 0.5) is 0 Å². The smallest absolute Gasteiger partial charge is 0.273 e. The van der Waals surface area contributed by atoms with Gasteiger partial charge in [0, 0.05) is 24.3 Å². The predicted octanol–water partition coefficient (Wildman–Crippen LogP) is 4.63. The van der Waals surface area contributed by atoms with Crippen molar-refractivity contribution in [2.24, 2.45) is 0 Å². The average Bonchev–Trinajstić information content (AvgIpc) is 3.33. The molecule has 1 aliphatic rings. The highest BCUT2D eigenvalue weighted by Gasteiger charge is 2.30. The van der Waals surface area contributed by atoms with Crippen LogP contribution in [0.1, 0.15) is 41.4 Å². The van der Waals surface area contributed by atoms with Crippen LogP contribution in [0, 0.1) is 0 Å². The van der Waals surface area contributed by atoms with Gasteiger partial charge >= 0.3 is 0 Å². The summed E-state index contributed by atoms with van der Waals surface area (Å²) >= 11 is 3.18. The van der Waals surface area contributed by atoms with Crippen molar-refractivity contribution in [2.75, 3.05) is 6.54 Å². The Balaban J connectivity index is 1.60. The summed E-state index contributed by atoms with van der Waals surface area (Å²) in [6.45, 7) is 0.782. The predicted molar refractivity (Wildman–Crippen MR) is 97.3 cm³/mol. The number of amides is 1. The van der Waals surface area contributed by atoms with E-state index in [-0.39, 0.29) is 11.9 Å². The Hall–Kier alpha value is -2.05. The number of carbonyl (C=O) groups is 1. The van der Waals surface area contributed by atoms with Crippen LogP contribution < -0.4 is 0 Å². The molecule has 6 heteroatoms. The summed E-state index contributed by atoms with van der Waals surface area (Å²) in [6, 6.07) is 8.14. The van der Waals surface area contributed by atoms with Crippen LogP contribution in [0.25, 0.3) is 9.88 Å². The van der Waals surface area contributed by atoms with Gasteiger partial charge in [-0.25, -0.2) is 4.98 Å². The molecule has 0 aliphatic carbocycles. The van der Waals surface area contributed by atoms with Gasteiger partial charge in [-0.2, -0.15) is 0 Å². The molecule has 0 aromatic carbocycles. The zero-order chi connectivity index (χ0) is 16.4. The minimum absolute atomic E-state index is 0.0302. The Morgan fingerprint density at radius 3 is 2.96 bits per heavy atom. The Bertz CT molecular complexity index is 814. The van der Waals surface area contributed by atoms with E-state index >= 15 is 0 Å². The van der Waals surface area contributed by atoms with Gasteiger partial charge in [-0.1, -0.05) is 12.1 Å². The number of carbonyl (C=O) groups excluding carboxylic acids is 1. The summed E-state index contributed by atoms with van der Waals surface area (Å²) < 4.78 is 0. The second-order valence-corrected chi connectivity index (χ2v) is 7.62. The quantitative estimate of drug-likeness (QED) is 0.688. The summed E-state index contributed by atoms with van der Waals surface area (Å²) in [4.78, 5) is 24.9. The number of pyridine rings is 1. The SMILES string of the molecule is O=C(c1csc(-c2cccs2)n1)N1CCCCC1c1cccnc1. The van der Waals surface area contributed by atoms with Crippen LogP contribution in [0.5, 0.6) is 0 Å². The highest BCUT2D eigenvalue weighted by atomic mass is 32.1. The number of thiophene rings is 1. The molecule has 4 heterocycles. The molecular formula is C18H17N3OS2. The lowest BCUT2D eigenvalue weighted by atomic mass is 9.96. The number of hydrogen-bond acceptors (Lipinski definition) is 5. The molecule has 0 N–H and O–H groups in total. The molecule has 1 atom stereocenters. The maximum atomic E-state index is 13.0. The highest BCUT2D eigenvalue weighted by molar-refractivity contribution is 7.20. The van der Waals surface area contributed by atoms with Crippen LogP contribution in [-0.2, 0) is 0 Å². The fourth-order valence-electron chi connectivity index (χ4n) is 3.13. The number of thiazole rings is 1. The van der Waals surface area contributed by atoms with Crippen LogP contribution in [0.15, 0.2) is 47.4 Å². The average molecular weight is 355 g/mol. The largest absolute Gasteiger partial charge is 0.330 e. The third-order valence-electron chi connectivity index (χ3n) is 4.29. The van der Waals surface area contributed by atoms with E-state index in [2.05, 4.69) is 16.0 Å². The normalized spacial score (nSPS) is 17.8. The number of piperidine rings is 1. The number of aromatic nitrogens is 2. The fraction of sp³-hybridized carbons (Fsp3) is 0.278. The molecule has 1 amide bonds. The second kappa shape index (κ2) is 6.83. The van der Waals surface area contributed by atoms with Gasteiger partial charge in [0.15, 0.2) is 0 Å². The van der Waals surface area contributed by atoms with Gasteiger partial charge in [0.2, 0.25) is 0 Å². The Kier molecular flexibility index (Phi) is 4.40. The number of likely N-dealkylation sites (tertiary alicyclic amines) is 1. The second-order valence-electron chi connectivity index (χ2n) is 5.81. The fourth-order valence-corrected chi connectivity index (χ4v) is 4.73. The third kappa shape index (κ3) is 2.99.